The number of nitrogens with zero attached hydrogens (tertiary/aromatic N) is 2. The highest BCUT2D eigenvalue weighted by atomic mass is 32.2. The topological polar surface area (TPSA) is 76.3 Å². The average Bonchev–Trinajstić information content (AvgIpc) is 2.27. The van der Waals surface area contributed by atoms with Crippen LogP contribution in [0, 0.1) is 6.92 Å². The minimum atomic E-state index is -3.33. The number of sulfonamides is 1. The Labute approximate surface area is 107 Å². The highest BCUT2D eigenvalue weighted by Crippen LogP contribution is 2.22. The summed E-state index contributed by atoms with van der Waals surface area (Å²) in [7, 11) is -1.85. The number of rotatable bonds is 4. The predicted molar refractivity (Wildman–Crippen MR) is 72.7 cm³/mol. The maximum Gasteiger partial charge on any atom is 0.234 e. The van der Waals surface area contributed by atoms with Gasteiger partial charge in [-0.3, -0.25) is 9.29 Å². The molecule has 94 valence electrons. The molecule has 0 amide bonds. The van der Waals surface area contributed by atoms with E-state index in [2.05, 4.69) is 4.98 Å². The van der Waals surface area contributed by atoms with Crippen LogP contribution in [0.25, 0.3) is 0 Å². The highest BCUT2D eigenvalue weighted by molar-refractivity contribution is 7.92. The van der Waals surface area contributed by atoms with Crippen molar-refractivity contribution in [3.8, 4) is 0 Å². The highest BCUT2D eigenvalue weighted by Gasteiger charge is 2.20. The molecule has 0 aliphatic carbocycles. The van der Waals surface area contributed by atoms with E-state index in [-0.39, 0.29) is 10.7 Å². The van der Waals surface area contributed by atoms with Crippen LogP contribution in [-0.4, -0.2) is 31.2 Å². The van der Waals surface area contributed by atoms with Gasteiger partial charge >= 0.3 is 0 Å². The second-order valence-electron chi connectivity index (χ2n) is 3.58. The summed E-state index contributed by atoms with van der Waals surface area (Å²) in [5.74, 6) is 0.0155. The molecule has 0 fully saturated rings. The lowest BCUT2D eigenvalue weighted by Crippen LogP contribution is -2.30. The smallest absolute Gasteiger partial charge is 0.234 e. The van der Waals surface area contributed by atoms with E-state index in [1.807, 2.05) is 0 Å². The Bertz CT molecular complexity index is 540. The molecule has 1 aromatic rings. The number of aryl methyl sites for hydroxylation is 1. The van der Waals surface area contributed by atoms with Gasteiger partial charge < -0.3 is 5.73 Å². The number of anilines is 1. The first-order valence-electron chi connectivity index (χ1n) is 5.02. The zero-order valence-electron chi connectivity index (χ0n) is 9.97. The van der Waals surface area contributed by atoms with Gasteiger partial charge in [0, 0.05) is 18.9 Å². The van der Waals surface area contributed by atoms with Gasteiger partial charge in [-0.25, -0.2) is 8.42 Å². The monoisotopic (exact) mass is 273 g/mol. The van der Waals surface area contributed by atoms with Crippen molar-refractivity contribution in [1.82, 2.24) is 4.98 Å². The van der Waals surface area contributed by atoms with E-state index in [0.29, 0.717) is 16.9 Å². The molecule has 0 aliphatic rings. The normalized spacial score (nSPS) is 11.2. The summed E-state index contributed by atoms with van der Waals surface area (Å²) in [6, 6.07) is 1.65. The van der Waals surface area contributed by atoms with Gasteiger partial charge in [0.2, 0.25) is 10.0 Å². The lowest BCUT2D eigenvalue weighted by Gasteiger charge is -2.21. The molecule has 1 heterocycles. The number of nitrogens with two attached hydrogens (primary N) is 1. The third kappa shape index (κ3) is 2.92. The Morgan fingerprint density at radius 2 is 2.18 bits per heavy atom. The maximum absolute atomic E-state index is 11.8. The zero-order chi connectivity index (χ0) is 13.2. The van der Waals surface area contributed by atoms with Crippen LogP contribution in [0.15, 0.2) is 12.3 Å². The van der Waals surface area contributed by atoms with Crippen molar-refractivity contribution >= 4 is 32.9 Å². The second-order valence-corrected chi connectivity index (χ2v) is 6.30. The van der Waals surface area contributed by atoms with Crippen LogP contribution in [0.4, 0.5) is 5.69 Å². The van der Waals surface area contributed by atoms with E-state index in [0.717, 1.165) is 0 Å². The van der Waals surface area contributed by atoms with Gasteiger partial charge in [0.25, 0.3) is 0 Å². The first-order valence-corrected chi connectivity index (χ1v) is 7.04. The van der Waals surface area contributed by atoms with Crippen LogP contribution in [0.5, 0.6) is 0 Å². The largest absolute Gasteiger partial charge is 0.389 e. The molecular weight excluding hydrogens is 258 g/mol. The van der Waals surface area contributed by atoms with Crippen molar-refractivity contribution in [1.29, 1.82) is 0 Å². The van der Waals surface area contributed by atoms with Crippen molar-refractivity contribution in [2.75, 3.05) is 17.1 Å². The SMILES string of the molecule is CCS(=O)(=O)N(C)c1cc(C)ncc1C(N)=S. The van der Waals surface area contributed by atoms with Gasteiger partial charge in [-0.2, -0.15) is 0 Å². The zero-order valence-corrected chi connectivity index (χ0v) is 11.6. The van der Waals surface area contributed by atoms with Crippen LogP contribution in [0.3, 0.4) is 0 Å². The quantitative estimate of drug-likeness (QED) is 0.822. The van der Waals surface area contributed by atoms with Crippen molar-refractivity contribution in [2.24, 2.45) is 5.73 Å². The number of aromatic nitrogens is 1. The van der Waals surface area contributed by atoms with Gasteiger partial charge in [0.15, 0.2) is 0 Å². The summed E-state index contributed by atoms with van der Waals surface area (Å²) < 4.78 is 24.8. The number of hydrogen-bond donors (Lipinski definition) is 1. The van der Waals surface area contributed by atoms with Gasteiger partial charge in [0.05, 0.1) is 17.0 Å². The Morgan fingerprint density at radius 1 is 1.59 bits per heavy atom. The fourth-order valence-corrected chi connectivity index (χ4v) is 2.33. The minimum absolute atomic E-state index is 0.0155. The van der Waals surface area contributed by atoms with Gasteiger partial charge in [-0.15, -0.1) is 0 Å². The van der Waals surface area contributed by atoms with Gasteiger partial charge in [-0.05, 0) is 19.9 Å². The Kier molecular flexibility index (Phi) is 4.05. The van der Waals surface area contributed by atoms with E-state index in [4.69, 9.17) is 18.0 Å². The predicted octanol–water partition coefficient (Wildman–Crippen LogP) is 0.810. The maximum atomic E-state index is 11.8. The third-order valence-corrected chi connectivity index (χ3v) is 4.39. The summed E-state index contributed by atoms with van der Waals surface area (Å²) in [4.78, 5) is 4.19. The molecule has 2 N–H and O–H groups in total. The first kappa shape index (κ1) is 13.9. The second kappa shape index (κ2) is 4.97. The Morgan fingerprint density at radius 3 is 2.65 bits per heavy atom. The summed E-state index contributed by atoms with van der Waals surface area (Å²) in [6.45, 7) is 3.36. The molecule has 0 unspecified atom stereocenters. The van der Waals surface area contributed by atoms with Crippen LogP contribution in [0.1, 0.15) is 18.2 Å². The van der Waals surface area contributed by atoms with E-state index in [1.165, 1.54) is 17.5 Å². The van der Waals surface area contributed by atoms with Crippen LogP contribution in [0.2, 0.25) is 0 Å². The van der Waals surface area contributed by atoms with Crippen LogP contribution >= 0.6 is 12.2 Å². The Hall–Kier alpha value is -1.21. The number of thiocarbonyl (C=S) groups is 1. The molecule has 7 heteroatoms. The fourth-order valence-electron chi connectivity index (χ4n) is 1.34. The lowest BCUT2D eigenvalue weighted by molar-refractivity contribution is 0.595. The van der Waals surface area contributed by atoms with Crippen molar-refractivity contribution in [3.63, 3.8) is 0 Å². The molecule has 1 aromatic heterocycles. The van der Waals surface area contributed by atoms with Crippen LogP contribution in [-0.2, 0) is 10.0 Å². The Balaban J connectivity index is 3.39. The number of pyridine rings is 1. The summed E-state index contributed by atoms with van der Waals surface area (Å²) in [5.41, 5.74) is 7.19. The molecule has 5 nitrogen and oxygen atoms in total. The molecule has 0 atom stereocenters. The minimum Gasteiger partial charge on any atom is -0.389 e. The summed E-state index contributed by atoms with van der Waals surface area (Å²) >= 11 is 4.89. The first-order chi connectivity index (χ1) is 7.79. The van der Waals surface area contributed by atoms with Crippen LogP contribution < -0.4 is 10.0 Å². The average molecular weight is 273 g/mol. The third-order valence-electron chi connectivity index (χ3n) is 2.41. The molecule has 17 heavy (non-hydrogen) atoms. The van der Waals surface area contributed by atoms with Crippen molar-refractivity contribution < 1.29 is 8.42 Å². The molecule has 1 rings (SSSR count). The standard InChI is InChI=1S/C10H15N3O2S2/c1-4-17(14,15)13(3)9-5-7(2)12-6-8(9)10(11)16/h5-6H,4H2,1-3H3,(H2,11,16). The molecular formula is C10H15N3O2S2. The molecule has 0 bridgehead atoms. The van der Waals surface area contributed by atoms with Gasteiger partial charge in [0.1, 0.15) is 4.99 Å². The summed E-state index contributed by atoms with van der Waals surface area (Å²) in [5, 5.41) is 0. The van der Waals surface area contributed by atoms with Crippen molar-refractivity contribution in [3.05, 3.63) is 23.5 Å². The molecule has 0 aliphatic heterocycles. The molecule has 0 radical (unpaired) electrons. The number of hydrogen-bond acceptors (Lipinski definition) is 4. The molecule has 0 saturated heterocycles. The lowest BCUT2D eigenvalue weighted by atomic mass is 10.2. The molecule has 0 spiro atoms. The molecule has 0 aromatic carbocycles. The van der Waals surface area contributed by atoms with E-state index < -0.39 is 10.0 Å². The van der Waals surface area contributed by atoms with E-state index in [9.17, 15) is 8.42 Å². The summed E-state index contributed by atoms with van der Waals surface area (Å²) in [6.07, 6.45) is 1.49. The van der Waals surface area contributed by atoms with E-state index >= 15 is 0 Å². The van der Waals surface area contributed by atoms with Crippen molar-refractivity contribution in [2.45, 2.75) is 13.8 Å². The fraction of sp³-hybridized carbons (Fsp3) is 0.400. The molecule has 0 saturated carbocycles. The van der Waals surface area contributed by atoms with Gasteiger partial charge in [-0.1, -0.05) is 12.2 Å². The van der Waals surface area contributed by atoms with E-state index in [1.54, 1.807) is 19.9 Å².